The lowest BCUT2D eigenvalue weighted by molar-refractivity contribution is -0.166. The van der Waals surface area contributed by atoms with Gasteiger partial charge in [-0.3, -0.25) is 19.3 Å². The number of halogens is 2. The van der Waals surface area contributed by atoms with E-state index < -0.39 is 87.1 Å². The predicted molar refractivity (Wildman–Crippen MR) is 136 cm³/mol. The van der Waals surface area contributed by atoms with Gasteiger partial charge in [0, 0.05) is 12.0 Å². The zero-order valence-electron chi connectivity index (χ0n) is 21.1. The van der Waals surface area contributed by atoms with E-state index in [2.05, 4.69) is 0 Å². The minimum absolute atomic E-state index is 0.0146. The van der Waals surface area contributed by atoms with Crippen LogP contribution in [0.1, 0.15) is 16.7 Å². The fraction of sp³-hybridized carbons (Fsp3) is 0.250. The number of hydrogen-bond acceptors (Lipinski definition) is 9. The van der Waals surface area contributed by atoms with Crippen molar-refractivity contribution in [3.8, 4) is 5.75 Å². The first-order valence-electron chi connectivity index (χ1n) is 12.0. The van der Waals surface area contributed by atoms with Gasteiger partial charge in [0.25, 0.3) is 5.91 Å². The van der Waals surface area contributed by atoms with Crippen molar-refractivity contribution in [1.29, 1.82) is 0 Å². The molecule has 5 rings (SSSR count). The Labute approximate surface area is 225 Å². The van der Waals surface area contributed by atoms with Crippen LogP contribution in [0.5, 0.6) is 5.75 Å². The van der Waals surface area contributed by atoms with Gasteiger partial charge in [-0.15, -0.1) is 0 Å². The minimum atomic E-state index is -3.09. The number of nitrogens with zero attached hydrogens (tertiary/aromatic N) is 1. The van der Waals surface area contributed by atoms with E-state index in [0.29, 0.717) is 6.07 Å². The van der Waals surface area contributed by atoms with Crippen molar-refractivity contribution in [2.75, 3.05) is 14.1 Å². The topological polar surface area (TPSA) is 182 Å². The van der Waals surface area contributed by atoms with Crippen molar-refractivity contribution < 1.29 is 48.7 Å². The molecule has 3 aliphatic carbocycles. The van der Waals surface area contributed by atoms with Crippen molar-refractivity contribution in [3.63, 3.8) is 0 Å². The molecule has 0 radical (unpaired) electrons. The van der Waals surface area contributed by atoms with Crippen LogP contribution in [-0.4, -0.2) is 79.7 Å². The number of aromatic hydroxyl groups is 1. The molecule has 1 fully saturated rings. The van der Waals surface area contributed by atoms with Gasteiger partial charge in [0.2, 0.25) is 5.78 Å². The molecule has 1 saturated carbocycles. The molecule has 5 atom stereocenters. The van der Waals surface area contributed by atoms with Crippen LogP contribution in [0.25, 0.3) is 17.4 Å². The van der Waals surface area contributed by atoms with Gasteiger partial charge < -0.3 is 31.3 Å². The number of aliphatic hydroxyl groups excluding tert-OH is 3. The van der Waals surface area contributed by atoms with Gasteiger partial charge >= 0.3 is 0 Å². The molecule has 12 heteroatoms. The number of phenols is 1. The van der Waals surface area contributed by atoms with E-state index >= 15 is 0 Å². The molecule has 10 nitrogen and oxygen atoms in total. The van der Waals surface area contributed by atoms with Crippen molar-refractivity contribution >= 4 is 34.9 Å². The maximum atomic E-state index is 14.1. The van der Waals surface area contributed by atoms with Crippen LogP contribution in [0.15, 0.2) is 53.3 Å². The maximum absolute atomic E-state index is 14.1. The monoisotopic (exact) mass is 554 g/mol. The zero-order chi connectivity index (χ0) is 29.4. The smallest absolute Gasteiger partial charge is 0.255 e. The molecule has 0 unspecified atom stereocenters. The van der Waals surface area contributed by atoms with Crippen molar-refractivity contribution in [3.05, 3.63) is 81.6 Å². The number of Topliss-reactive ketones (excluding diaryl/α,β-unsaturated/α-hetero) is 2. The summed E-state index contributed by atoms with van der Waals surface area (Å²) in [7, 11) is 2.76. The molecular weight excluding hydrogens is 530 g/mol. The first-order valence-corrected chi connectivity index (χ1v) is 12.0. The van der Waals surface area contributed by atoms with Crippen LogP contribution in [0.3, 0.4) is 0 Å². The number of rotatable bonds is 3. The van der Waals surface area contributed by atoms with Crippen LogP contribution < -0.4 is 5.73 Å². The molecule has 0 bridgehead atoms. The van der Waals surface area contributed by atoms with Gasteiger partial charge in [0.05, 0.1) is 29.2 Å². The molecule has 0 aliphatic heterocycles. The molecule has 40 heavy (non-hydrogen) atoms. The quantitative estimate of drug-likeness (QED) is 0.304. The number of hydrogen-bond donors (Lipinski definition) is 6. The number of ketones is 2. The Morgan fingerprint density at radius 3 is 2.27 bits per heavy atom. The summed E-state index contributed by atoms with van der Waals surface area (Å²) in [6, 6.07) is 5.07. The van der Waals surface area contributed by atoms with Gasteiger partial charge in [-0.05, 0) is 49.0 Å². The van der Waals surface area contributed by atoms with Crippen molar-refractivity contribution in [2.24, 2.45) is 17.6 Å². The highest BCUT2D eigenvalue weighted by molar-refractivity contribution is 6.25. The highest BCUT2D eigenvalue weighted by atomic mass is 19.1. The SMILES string of the molecule is CN(C)[C@@H]1C(=O)C(C(N)=O)=C(O)[C@@]2(O)C(=O)C3=C(O)c4c(O)cccc4/C(=C\c4cc(F)cc(F)c4)[C@@H]3[C@@H](O)[C@H]12. The number of aliphatic hydroxyl groups is 4. The van der Waals surface area contributed by atoms with Gasteiger partial charge in [0.15, 0.2) is 11.4 Å². The molecule has 0 heterocycles. The molecule has 7 N–H and O–H groups in total. The van der Waals surface area contributed by atoms with Gasteiger partial charge in [-0.25, -0.2) is 8.78 Å². The van der Waals surface area contributed by atoms with Crippen LogP contribution in [-0.2, 0) is 14.4 Å². The van der Waals surface area contributed by atoms with E-state index in [4.69, 9.17) is 5.73 Å². The molecular formula is C28H24F2N2O8. The number of carbonyl (C=O) groups excluding carboxylic acids is 3. The number of benzene rings is 2. The first-order chi connectivity index (χ1) is 18.7. The van der Waals surface area contributed by atoms with Gasteiger partial charge in [-0.1, -0.05) is 18.2 Å². The van der Waals surface area contributed by atoms with Crippen LogP contribution >= 0.6 is 0 Å². The average molecular weight is 555 g/mol. The lowest BCUT2D eigenvalue weighted by Gasteiger charge is -2.53. The Morgan fingerprint density at radius 1 is 1.07 bits per heavy atom. The zero-order valence-corrected chi connectivity index (χ0v) is 21.1. The molecule has 0 spiro atoms. The second kappa shape index (κ2) is 9.08. The Hall–Kier alpha value is -4.39. The number of amides is 1. The van der Waals surface area contributed by atoms with E-state index in [-0.39, 0.29) is 22.3 Å². The van der Waals surface area contributed by atoms with Crippen LogP contribution in [0.2, 0.25) is 0 Å². The van der Waals surface area contributed by atoms with E-state index in [0.717, 1.165) is 12.1 Å². The lowest BCUT2D eigenvalue weighted by atomic mass is 9.55. The molecule has 1 amide bonds. The number of nitrogens with two attached hydrogens (primary N) is 1. The molecule has 0 aromatic heterocycles. The highest BCUT2D eigenvalue weighted by Gasteiger charge is 2.68. The summed E-state index contributed by atoms with van der Waals surface area (Å²) in [6.45, 7) is 0. The molecule has 3 aliphatic rings. The molecule has 208 valence electrons. The summed E-state index contributed by atoms with van der Waals surface area (Å²) in [5, 5.41) is 56.3. The Balaban J connectivity index is 1.87. The van der Waals surface area contributed by atoms with Gasteiger partial charge in [0.1, 0.15) is 34.5 Å². The number of phenolic OH excluding ortho intramolecular Hbond substituents is 1. The predicted octanol–water partition coefficient (Wildman–Crippen LogP) is 1.21. The van der Waals surface area contributed by atoms with E-state index in [9.17, 15) is 48.7 Å². The third-order valence-electron chi connectivity index (χ3n) is 7.74. The van der Waals surface area contributed by atoms with E-state index in [1.54, 1.807) is 0 Å². The van der Waals surface area contributed by atoms with E-state index in [1.165, 1.54) is 43.3 Å². The summed E-state index contributed by atoms with van der Waals surface area (Å²) in [5.41, 5.74) is 0.292. The Kier molecular flexibility index (Phi) is 6.17. The molecule has 2 aromatic carbocycles. The minimum Gasteiger partial charge on any atom is -0.508 e. The Morgan fingerprint density at radius 2 is 1.70 bits per heavy atom. The Bertz CT molecular complexity index is 1590. The van der Waals surface area contributed by atoms with Crippen molar-refractivity contribution in [1.82, 2.24) is 4.90 Å². The first kappa shape index (κ1) is 27.2. The number of likely N-dealkylation sites (N-methyl/N-ethyl adjacent to an activating group) is 1. The number of fused-ring (bicyclic) bond motifs is 3. The second-order valence-corrected chi connectivity index (χ2v) is 10.2. The van der Waals surface area contributed by atoms with Crippen LogP contribution in [0, 0.1) is 23.5 Å². The summed E-state index contributed by atoms with van der Waals surface area (Å²) < 4.78 is 28.1. The largest absolute Gasteiger partial charge is 0.508 e. The highest BCUT2D eigenvalue weighted by Crippen LogP contribution is 2.56. The normalized spacial score (nSPS) is 29.0. The third-order valence-corrected chi connectivity index (χ3v) is 7.74. The fourth-order valence-corrected chi connectivity index (χ4v) is 6.15. The number of primary amides is 1. The van der Waals surface area contributed by atoms with E-state index in [1.807, 2.05) is 0 Å². The number of carbonyl (C=O) groups is 3. The fourth-order valence-electron chi connectivity index (χ4n) is 6.15. The second-order valence-electron chi connectivity index (χ2n) is 10.2. The lowest BCUT2D eigenvalue weighted by Crippen LogP contribution is -2.70. The summed E-state index contributed by atoms with van der Waals surface area (Å²) in [6.07, 6.45) is -0.671. The average Bonchev–Trinajstić information content (AvgIpc) is 2.84. The summed E-state index contributed by atoms with van der Waals surface area (Å²) >= 11 is 0. The van der Waals surface area contributed by atoms with Crippen molar-refractivity contribution in [2.45, 2.75) is 17.7 Å². The van der Waals surface area contributed by atoms with Crippen LogP contribution in [0.4, 0.5) is 8.78 Å². The van der Waals surface area contributed by atoms with Gasteiger partial charge in [-0.2, -0.15) is 0 Å². The molecule has 2 aromatic rings. The standard InChI is InChI=1S/C28H24F2N2O8/c1-32(2)21-20-23(35)17-14(8-10-6-11(29)9-12(30)7-10)13-4-3-5-15(33)16(13)22(34)18(17)25(37)28(20,40)26(38)19(24(21)36)27(31)39/h3-9,17,20-21,23,33-35,38,40H,1-2H3,(H2,31,39)/b14-8+/t17-,20-,21-,23+,28-/m0/s1. The summed E-state index contributed by atoms with van der Waals surface area (Å²) in [5.74, 6) is -11.7. The maximum Gasteiger partial charge on any atom is 0.255 e. The third kappa shape index (κ3) is 3.60. The molecule has 0 saturated heterocycles. The summed E-state index contributed by atoms with van der Waals surface area (Å²) in [4.78, 5) is 40.7.